The summed E-state index contributed by atoms with van der Waals surface area (Å²) in [6, 6.07) is 14.1. The van der Waals surface area contributed by atoms with Crippen molar-refractivity contribution in [2.45, 2.75) is 25.8 Å². The second-order valence-electron chi connectivity index (χ2n) is 5.06. The Balaban J connectivity index is 1.86. The molecule has 0 heterocycles. The molecule has 2 aromatic rings. The summed E-state index contributed by atoms with van der Waals surface area (Å²) in [4.78, 5) is 0. The van der Waals surface area contributed by atoms with Gasteiger partial charge in [-0.05, 0) is 55.7 Å². The molecule has 1 atom stereocenters. The second kappa shape index (κ2) is 7.58. The van der Waals surface area contributed by atoms with E-state index in [9.17, 15) is 0 Å². The fourth-order valence-corrected chi connectivity index (χ4v) is 2.42. The van der Waals surface area contributed by atoms with E-state index in [2.05, 4.69) is 24.4 Å². The third-order valence-corrected chi connectivity index (χ3v) is 4.10. The molecule has 0 radical (unpaired) electrons. The molecule has 0 aliphatic carbocycles. The van der Waals surface area contributed by atoms with Crippen molar-refractivity contribution in [2.75, 3.05) is 12.4 Å². The molecule has 1 unspecified atom stereocenters. The van der Waals surface area contributed by atoms with Gasteiger partial charge in [-0.25, -0.2) is 0 Å². The van der Waals surface area contributed by atoms with Crippen molar-refractivity contribution in [1.82, 2.24) is 0 Å². The molecule has 21 heavy (non-hydrogen) atoms. The standard InChI is InChI=1S/C17H19Cl2NO/c1-12(20-14-7-10-16(18)17(19)11-14)3-4-13-5-8-15(21-2)9-6-13/h5-12,20H,3-4H2,1-2H3. The van der Waals surface area contributed by atoms with Crippen molar-refractivity contribution in [2.24, 2.45) is 0 Å². The summed E-state index contributed by atoms with van der Waals surface area (Å²) in [5, 5.41) is 4.59. The molecule has 1 N–H and O–H groups in total. The number of hydrogen-bond donors (Lipinski definition) is 1. The normalized spacial score (nSPS) is 12.0. The van der Waals surface area contributed by atoms with E-state index >= 15 is 0 Å². The van der Waals surface area contributed by atoms with Crippen molar-refractivity contribution in [1.29, 1.82) is 0 Å². The predicted octanol–water partition coefficient (Wildman–Crippen LogP) is 5.44. The van der Waals surface area contributed by atoms with Crippen LogP contribution in [0, 0.1) is 0 Å². The summed E-state index contributed by atoms with van der Waals surface area (Å²) >= 11 is 11.9. The van der Waals surface area contributed by atoms with E-state index in [1.807, 2.05) is 30.3 Å². The zero-order chi connectivity index (χ0) is 15.2. The highest BCUT2D eigenvalue weighted by Crippen LogP contribution is 2.25. The minimum Gasteiger partial charge on any atom is -0.497 e. The van der Waals surface area contributed by atoms with E-state index in [4.69, 9.17) is 27.9 Å². The number of rotatable bonds is 6. The van der Waals surface area contributed by atoms with E-state index in [1.54, 1.807) is 7.11 Å². The number of methoxy groups -OCH3 is 1. The molecule has 2 nitrogen and oxygen atoms in total. The lowest BCUT2D eigenvalue weighted by Crippen LogP contribution is -2.15. The first kappa shape index (κ1) is 16.0. The van der Waals surface area contributed by atoms with E-state index in [1.165, 1.54) is 5.56 Å². The van der Waals surface area contributed by atoms with Crippen LogP contribution >= 0.6 is 23.2 Å². The van der Waals surface area contributed by atoms with Crippen molar-refractivity contribution in [3.05, 3.63) is 58.1 Å². The van der Waals surface area contributed by atoms with E-state index < -0.39 is 0 Å². The molecule has 0 saturated carbocycles. The fraction of sp³-hybridized carbons (Fsp3) is 0.294. The third-order valence-electron chi connectivity index (χ3n) is 3.36. The van der Waals surface area contributed by atoms with Crippen LogP contribution in [0.5, 0.6) is 5.75 Å². The number of hydrogen-bond acceptors (Lipinski definition) is 2. The zero-order valence-electron chi connectivity index (χ0n) is 12.2. The highest BCUT2D eigenvalue weighted by atomic mass is 35.5. The Hall–Kier alpha value is -1.38. The maximum atomic E-state index is 6.01. The van der Waals surface area contributed by atoms with Crippen LogP contribution in [-0.4, -0.2) is 13.2 Å². The topological polar surface area (TPSA) is 21.3 Å². The van der Waals surface area contributed by atoms with Crippen LogP contribution in [0.2, 0.25) is 10.0 Å². The Bertz CT molecular complexity index is 584. The molecule has 0 aliphatic heterocycles. The minimum atomic E-state index is 0.351. The first-order chi connectivity index (χ1) is 10.1. The van der Waals surface area contributed by atoms with Gasteiger partial charge in [-0.2, -0.15) is 0 Å². The van der Waals surface area contributed by atoms with Crippen LogP contribution in [0.15, 0.2) is 42.5 Å². The van der Waals surface area contributed by atoms with Crippen LogP contribution in [0.4, 0.5) is 5.69 Å². The quantitative estimate of drug-likeness (QED) is 0.764. The molecule has 0 aliphatic rings. The van der Waals surface area contributed by atoms with Crippen LogP contribution in [0.25, 0.3) is 0 Å². The van der Waals surface area contributed by atoms with Gasteiger partial charge in [-0.15, -0.1) is 0 Å². The Labute approximate surface area is 136 Å². The lowest BCUT2D eigenvalue weighted by Gasteiger charge is -2.16. The van der Waals surface area contributed by atoms with Gasteiger partial charge in [-0.3, -0.25) is 0 Å². The summed E-state index contributed by atoms with van der Waals surface area (Å²) in [6.45, 7) is 2.16. The number of ether oxygens (including phenoxy) is 1. The number of aryl methyl sites for hydroxylation is 1. The van der Waals surface area contributed by atoms with Gasteiger partial charge < -0.3 is 10.1 Å². The van der Waals surface area contributed by atoms with E-state index in [-0.39, 0.29) is 0 Å². The van der Waals surface area contributed by atoms with Gasteiger partial charge in [0.25, 0.3) is 0 Å². The molecule has 112 valence electrons. The number of anilines is 1. The van der Waals surface area contributed by atoms with Gasteiger partial charge in [0.05, 0.1) is 17.2 Å². The van der Waals surface area contributed by atoms with E-state index in [0.717, 1.165) is 24.3 Å². The number of halogens is 2. The third kappa shape index (κ3) is 4.83. The average Bonchev–Trinajstić information content (AvgIpc) is 2.49. The molecule has 0 amide bonds. The smallest absolute Gasteiger partial charge is 0.118 e. The summed E-state index contributed by atoms with van der Waals surface area (Å²) < 4.78 is 5.16. The molecule has 0 aromatic heterocycles. The molecule has 0 fully saturated rings. The first-order valence-electron chi connectivity index (χ1n) is 6.93. The maximum absolute atomic E-state index is 6.01. The molecule has 2 rings (SSSR count). The van der Waals surface area contributed by atoms with Crippen molar-refractivity contribution >= 4 is 28.9 Å². The molecule has 4 heteroatoms. The van der Waals surface area contributed by atoms with E-state index in [0.29, 0.717) is 16.1 Å². The molecule has 0 saturated heterocycles. The fourth-order valence-electron chi connectivity index (χ4n) is 2.12. The number of benzene rings is 2. The zero-order valence-corrected chi connectivity index (χ0v) is 13.7. The first-order valence-corrected chi connectivity index (χ1v) is 7.68. The predicted molar refractivity (Wildman–Crippen MR) is 90.9 cm³/mol. The number of nitrogens with one attached hydrogen (secondary N) is 1. The highest BCUT2D eigenvalue weighted by Gasteiger charge is 2.05. The molecular formula is C17H19Cl2NO. The average molecular weight is 324 g/mol. The molecule has 0 bridgehead atoms. The van der Waals surface area contributed by atoms with Gasteiger partial charge >= 0.3 is 0 Å². The molecule has 2 aromatic carbocycles. The van der Waals surface area contributed by atoms with Crippen molar-refractivity contribution in [3.63, 3.8) is 0 Å². The lowest BCUT2D eigenvalue weighted by atomic mass is 10.1. The summed E-state index contributed by atoms with van der Waals surface area (Å²) in [5.41, 5.74) is 2.30. The Kier molecular flexibility index (Phi) is 5.77. The lowest BCUT2D eigenvalue weighted by molar-refractivity contribution is 0.414. The summed E-state index contributed by atoms with van der Waals surface area (Å²) in [7, 11) is 1.68. The Morgan fingerprint density at radius 1 is 1.05 bits per heavy atom. The van der Waals surface area contributed by atoms with Crippen LogP contribution in [0.3, 0.4) is 0 Å². The van der Waals surface area contributed by atoms with Gasteiger partial charge in [-0.1, -0.05) is 35.3 Å². The second-order valence-corrected chi connectivity index (χ2v) is 5.88. The van der Waals surface area contributed by atoms with Crippen molar-refractivity contribution in [3.8, 4) is 5.75 Å². The minimum absolute atomic E-state index is 0.351. The highest BCUT2D eigenvalue weighted by molar-refractivity contribution is 6.42. The summed E-state index contributed by atoms with van der Waals surface area (Å²) in [5.74, 6) is 0.890. The Morgan fingerprint density at radius 3 is 2.38 bits per heavy atom. The molecular weight excluding hydrogens is 305 g/mol. The maximum Gasteiger partial charge on any atom is 0.118 e. The largest absolute Gasteiger partial charge is 0.497 e. The van der Waals surface area contributed by atoms with Gasteiger partial charge in [0, 0.05) is 11.7 Å². The monoisotopic (exact) mass is 323 g/mol. The van der Waals surface area contributed by atoms with Gasteiger partial charge in [0.2, 0.25) is 0 Å². The summed E-state index contributed by atoms with van der Waals surface area (Å²) in [6.07, 6.45) is 2.05. The Morgan fingerprint density at radius 2 is 1.76 bits per heavy atom. The van der Waals surface area contributed by atoms with Crippen LogP contribution in [0.1, 0.15) is 18.9 Å². The SMILES string of the molecule is COc1ccc(CCC(C)Nc2ccc(Cl)c(Cl)c2)cc1. The molecule has 0 spiro atoms. The van der Waals surface area contributed by atoms with Gasteiger partial charge in [0.1, 0.15) is 5.75 Å². The van der Waals surface area contributed by atoms with Crippen LogP contribution in [-0.2, 0) is 6.42 Å². The van der Waals surface area contributed by atoms with Gasteiger partial charge in [0.15, 0.2) is 0 Å². The van der Waals surface area contributed by atoms with Crippen molar-refractivity contribution < 1.29 is 4.74 Å². The van der Waals surface area contributed by atoms with Crippen LogP contribution < -0.4 is 10.1 Å².